The molecule has 0 aromatic carbocycles. The van der Waals surface area contributed by atoms with Crippen LogP contribution in [0.3, 0.4) is 0 Å². The highest BCUT2D eigenvalue weighted by atomic mass is 32.2. The van der Waals surface area contributed by atoms with E-state index in [1.54, 1.807) is 18.4 Å². The number of nitrogens with zero attached hydrogens (tertiary/aromatic N) is 1. The van der Waals surface area contributed by atoms with Crippen LogP contribution >= 0.6 is 23.1 Å². The zero-order chi connectivity index (χ0) is 10.4. The molecule has 1 atom stereocenters. The maximum Gasteiger partial charge on any atom is 0.103 e. The average molecular weight is 231 g/mol. The average Bonchev–Trinajstić information content (AvgIpc) is 2.63. The van der Waals surface area contributed by atoms with Crippen LogP contribution in [-0.2, 0) is 17.1 Å². The number of thiazole rings is 1. The van der Waals surface area contributed by atoms with E-state index < -0.39 is 0 Å². The van der Waals surface area contributed by atoms with Crippen molar-refractivity contribution in [2.24, 2.45) is 0 Å². The van der Waals surface area contributed by atoms with Crippen molar-refractivity contribution in [2.75, 3.05) is 7.11 Å². The third kappa shape index (κ3) is 3.98. The number of aromatic nitrogens is 1. The molecule has 2 nitrogen and oxygen atoms in total. The van der Waals surface area contributed by atoms with Crippen LogP contribution in [0, 0.1) is 0 Å². The molecule has 4 heteroatoms. The number of thioether (sulfide) groups is 1. The van der Waals surface area contributed by atoms with Gasteiger partial charge in [0.1, 0.15) is 5.01 Å². The van der Waals surface area contributed by atoms with Gasteiger partial charge in [0.15, 0.2) is 0 Å². The molecule has 0 saturated heterocycles. The molecule has 0 saturated carbocycles. The van der Waals surface area contributed by atoms with Crippen LogP contribution in [0.5, 0.6) is 0 Å². The van der Waals surface area contributed by atoms with E-state index in [2.05, 4.69) is 24.2 Å². The van der Waals surface area contributed by atoms with Gasteiger partial charge >= 0.3 is 0 Å². The summed E-state index contributed by atoms with van der Waals surface area (Å²) in [7, 11) is 1.70. The molecule has 1 rings (SSSR count). The Morgan fingerprint density at radius 2 is 2.43 bits per heavy atom. The Balaban J connectivity index is 2.35. The van der Waals surface area contributed by atoms with Crippen LogP contribution in [0.4, 0.5) is 0 Å². The van der Waals surface area contributed by atoms with E-state index in [9.17, 15) is 0 Å². The Hall–Kier alpha value is -0.0600. The lowest BCUT2D eigenvalue weighted by Gasteiger charge is -2.05. The van der Waals surface area contributed by atoms with Crippen LogP contribution in [0.25, 0.3) is 0 Å². The summed E-state index contributed by atoms with van der Waals surface area (Å²) in [6.45, 7) is 5.11. The normalized spacial score (nSPS) is 13.1. The Morgan fingerprint density at radius 1 is 1.64 bits per heavy atom. The number of methoxy groups -OCH3 is 1. The lowest BCUT2D eigenvalue weighted by molar-refractivity contribution is 0.182. The molecule has 0 radical (unpaired) electrons. The van der Waals surface area contributed by atoms with Crippen molar-refractivity contribution in [2.45, 2.75) is 37.9 Å². The fourth-order valence-electron chi connectivity index (χ4n) is 0.961. The number of ether oxygens (including phenoxy) is 1. The molecule has 0 fully saturated rings. The van der Waals surface area contributed by atoms with Gasteiger partial charge in [0.05, 0.1) is 12.3 Å². The molecule has 1 aromatic heterocycles. The van der Waals surface area contributed by atoms with Crippen molar-refractivity contribution in [3.63, 3.8) is 0 Å². The van der Waals surface area contributed by atoms with Gasteiger partial charge in [-0.05, 0) is 6.42 Å². The second-order valence-electron chi connectivity index (χ2n) is 3.20. The third-order valence-electron chi connectivity index (χ3n) is 1.96. The van der Waals surface area contributed by atoms with E-state index in [-0.39, 0.29) is 0 Å². The van der Waals surface area contributed by atoms with Crippen molar-refractivity contribution >= 4 is 23.1 Å². The summed E-state index contributed by atoms with van der Waals surface area (Å²) < 4.78 is 5.03. The molecule has 0 spiro atoms. The largest absolute Gasteiger partial charge is 0.378 e. The van der Waals surface area contributed by atoms with Crippen molar-refractivity contribution in [3.8, 4) is 0 Å². The minimum absolute atomic E-state index is 0.629. The molecular weight excluding hydrogens is 214 g/mol. The predicted octanol–water partition coefficient (Wildman–Crippen LogP) is 3.32. The van der Waals surface area contributed by atoms with Gasteiger partial charge in [-0.15, -0.1) is 11.3 Å². The molecule has 0 bridgehead atoms. The lowest BCUT2D eigenvalue weighted by Crippen LogP contribution is -1.94. The maximum atomic E-state index is 5.03. The SMILES string of the molecule is CCC(C)SCc1nc(COC)cs1. The first kappa shape index (κ1) is 12.0. The summed E-state index contributed by atoms with van der Waals surface area (Å²) in [6.07, 6.45) is 1.22. The Labute approximate surface area is 94.1 Å². The van der Waals surface area contributed by atoms with E-state index >= 15 is 0 Å². The summed E-state index contributed by atoms with van der Waals surface area (Å²) >= 11 is 3.70. The molecule has 1 unspecified atom stereocenters. The van der Waals surface area contributed by atoms with Crippen LogP contribution in [-0.4, -0.2) is 17.3 Å². The topological polar surface area (TPSA) is 22.1 Å². The van der Waals surface area contributed by atoms with Gasteiger partial charge in [-0.25, -0.2) is 4.98 Å². The summed E-state index contributed by atoms with van der Waals surface area (Å²) in [6, 6.07) is 0. The maximum absolute atomic E-state index is 5.03. The fraction of sp³-hybridized carbons (Fsp3) is 0.700. The Bertz CT molecular complexity index is 262. The first-order valence-corrected chi connectivity index (χ1v) is 6.73. The molecule has 1 aromatic rings. The van der Waals surface area contributed by atoms with Gasteiger partial charge in [-0.2, -0.15) is 11.8 Å². The third-order valence-corrected chi connectivity index (χ3v) is 4.38. The van der Waals surface area contributed by atoms with E-state index in [0.29, 0.717) is 6.61 Å². The highest BCUT2D eigenvalue weighted by Gasteiger charge is 2.04. The number of hydrogen-bond acceptors (Lipinski definition) is 4. The number of rotatable bonds is 6. The molecule has 0 aliphatic heterocycles. The first-order chi connectivity index (χ1) is 6.76. The van der Waals surface area contributed by atoms with Gasteiger partial charge in [-0.1, -0.05) is 13.8 Å². The molecule has 0 amide bonds. The standard InChI is InChI=1S/C10H17NOS2/c1-4-8(2)13-7-10-11-9(5-12-3)6-14-10/h6,8H,4-5,7H2,1-3H3. The van der Waals surface area contributed by atoms with E-state index in [0.717, 1.165) is 16.7 Å². The lowest BCUT2D eigenvalue weighted by atomic mass is 10.4. The van der Waals surface area contributed by atoms with E-state index in [1.165, 1.54) is 11.4 Å². The monoisotopic (exact) mass is 231 g/mol. The van der Waals surface area contributed by atoms with Crippen LogP contribution in [0.1, 0.15) is 31.0 Å². The van der Waals surface area contributed by atoms with Gasteiger partial charge in [0, 0.05) is 23.5 Å². The predicted molar refractivity (Wildman–Crippen MR) is 63.9 cm³/mol. The van der Waals surface area contributed by atoms with Gasteiger partial charge < -0.3 is 4.74 Å². The van der Waals surface area contributed by atoms with Crippen LogP contribution in [0.2, 0.25) is 0 Å². The fourth-order valence-corrected chi connectivity index (χ4v) is 2.73. The zero-order valence-electron chi connectivity index (χ0n) is 8.95. The summed E-state index contributed by atoms with van der Waals surface area (Å²) in [4.78, 5) is 4.48. The molecule has 1 heterocycles. The zero-order valence-corrected chi connectivity index (χ0v) is 10.6. The molecule has 0 aliphatic carbocycles. The first-order valence-electron chi connectivity index (χ1n) is 4.80. The molecular formula is C10H17NOS2. The highest BCUT2D eigenvalue weighted by molar-refractivity contribution is 7.99. The van der Waals surface area contributed by atoms with E-state index in [1.807, 2.05) is 11.8 Å². The van der Waals surface area contributed by atoms with Crippen molar-refractivity contribution in [1.82, 2.24) is 4.98 Å². The van der Waals surface area contributed by atoms with Crippen LogP contribution in [0.15, 0.2) is 5.38 Å². The Morgan fingerprint density at radius 3 is 3.07 bits per heavy atom. The smallest absolute Gasteiger partial charge is 0.103 e. The molecule has 0 aliphatic rings. The van der Waals surface area contributed by atoms with Gasteiger partial charge in [0.2, 0.25) is 0 Å². The van der Waals surface area contributed by atoms with E-state index in [4.69, 9.17) is 4.74 Å². The second-order valence-corrected chi connectivity index (χ2v) is 5.56. The molecule has 14 heavy (non-hydrogen) atoms. The summed E-state index contributed by atoms with van der Waals surface area (Å²) in [5.74, 6) is 1.03. The number of hydrogen-bond donors (Lipinski definition) is 0. The minimum Gasteiger partial charge on any atom is -0.378 e. The van der Waals surface area contributed by atoms with Crippen molar-refractivity contribution in [1.29, 1.82) is 0 Å². The molecule has 0 N–H and O–H groups in total. The van der Waals surface area contributed by atoms with Crippen molar-refractivity contribution in [3.05, 3.63) is 16.1 Å². The highest BCUT2D eigenvalue weighted by Crippen LogP contribution is 2.22. The second kappa shape index (κ2) is 6.43. The van der Waals surface area contributed by atoms with Gasteiger partial charge in [0.25, 0.3) is 0 Å². The van der Waals surface area contributed by atoms with Gasteiger partial charge in [-0.3, -0.25) is 0 Å². The quantitative estimate of drug-likeness (QED) is 0.750. The van der Waals surface area contributed by atoms with Crippen LogP contribution < -0.4 is 0 Å². The summed E-state index contributed by atoms with van der Waals surface area (Å²) in [5.41, 5.74) is 1.05. The summed E-state index contributed by atoms with van der Waals surface area (Å²) in [5, 5.41) is 4.02. The molecule has 80 valence electrons. The minimum atomic E-state index is 0.629. The Kier molecular flexibility index (Phi) is 5.52. The van der Waals surface area contributed by atoms with Crippen molar-refractivity contribution < 1.29 is 4.74 Å².